The van der Waals surface area contributed by atoms with E-state index in [1.54, 1.807) is 6.92 Å². The molecule has 0 unspecified atom stereocenters. The third-order valence-electron chi connectivity index (χ3n) is 3.38. The molecule has 7 heteroatoms. The molecule has 6 nitrogen and oxygen atoms in total. The van der Waals surface area contributed by atoms with Crippen LogP contribution >= 0.6 is 0 Å². The molecule has 3 N–H and O–H groups in total. The van der Waals surface area contributed by atoms with Crippen molar-refractivity contribution < 1.29 is 28.8 Å². The largest absolute Gasteiger partial charge is 0.460 e. The maximum absolute atomic E-state index is 12.9. The SMILES string of the molecule is C[C@@H]([NH3+])C(=O)Oc1ccc2c(=O)c(Oc3ccc(F)cc3)coc2c1. The molecule has 0 aliphatic carbocycles. The lowest BCUT2D eigenvalue weighted by atomic mass is 10.2. The van der Waals surface area contributed by atoms with E-state index in [2.05, 4.69) is 5.73 Å². The van der Waals surface area contributed by atoms with Crippen molar-refractivity contribution in [2.24, 2.45) is 0 Å². The summed E-state index contributed by atoms with van der Waals surface area (Å²) < 4.78 is 28.9. The summed E-state index contributed by atoms with van der Waals surface area (Å²) >= 11 is 0. The van der Waals surface area contributed by atoms with Crippen molar-refractivity contribution in [3.8, 4) is 17.2 Å². The molecule has 0 aliphatic rings. The number of rotatable bonds is 4. The minimum Gasteiger partial charge on any atom is -0.460 e. The van der Waals surface area contributed by atoms with Crippen molar-refractivity contribution in [2.45, 2.75) is 13.0 Å². The van der Waals surface area contributed by atoms with Gasteiger partial charge in [0.05, 0.1) is 5.39 Å². The molecule has 0 fully saturated rings. The third-order valence-corrected chi connectivity index (χ3v) is 3.38. The van der Waals surface area contributed by atoms with Crippen LogP contribution < -0.4 is 20.6 Å². The molecule has 1 atom stereocenters. The lowest BCUT2D eigenvalue weighted by Crippen LogP contribution is -2.64. The maximum Gasteiger partial charge on any atom is 0.369 e. The van der Waals surface area contributed by atoms with Crippen molar-refractivity contribution in [3.63, 3.8) is 0 Å². The van der Waals surface area contributed by atoms with Crippen LogP contribution in [0.5, 0.6) is 17.2 Å². The Bertz CT molecular complexity index is 979. The summed E-state index contributed by atoms with van der Waals surface area (Å²) in [6.07, 6.45) is 1.16. The van der Waals surface area contributed by atoms with E-state index in [4.69, 9.17) is 13.9 Å². The Labute approximate surface area is 141 Å². The van der Waals surface area contributed by atoms with Gasteiger partial charge >= 0.3 is 5.97 Å². The normalized spacial score (nSPS) is 12.0. The van der Waals surface area contributed by atoms with Crippen molar-refractivity contribution >= 4 is 16.9 Å². The summed E-state index contributed by atoms with van der Waals surface area (Å²) in [6.45, 7) is 1.61. The summed E-state index contributed by atoms with van der Waals surface area (Å²) in [7, 11) is 0. The molecule has 0 saturated carbocycles. The molecule has 0 saturated heterocycles. The number of ether oxygens (including phenoxy) is 2. The van der Waals surface area contributed by atoms with E-state index in [9.17, 15) is 14.0 Å². The number of benzene rings is 2. The van der Waals surface area contributed by atoms with Crippen molar-refractivity contribution in [2.75, 3.05) is 0 Å². The number of carbonyl (C=O) groups excluding carboxylic acids is 1. The molecule has 3 aromatic rings. The van der Waals surface area contributed by atoms with Crippen LogP contribution in [-0.4, -0.2) is 12.0 Å². The van der Waals surface area contributed by atoms with E-state index in [1.807, 2.05) is 0 Å². The molecule has 0 amide bonds. The van der Waals surface area contributed by atoms with E-state index in [0.717, 1.165) is 6.26 Å². The molecule has 0 radical (unpaired) electrons. The van der Waals surface area contributed by atoms with Gasteiger partial charge in [-0.3, -0.25) is 4.79 Å². The summed E-state index contributed by atoms with van der Waals surface area (Å²) in [5.41, 5.74) is 3.43. The Morgan fingerprint density at radius 2 is 1.84 bits per heavy atom. The molecule has 0 spiro atoms. The lowest BCUT2D eigenvalue weighted by molar-refractivity contribution is -0.401. The van der Waals surface area contributed by atoms with Crippen LogP contribution in [0.3, 0.4) is 0 Å². The number of hydrogen-bond acceptors (Lipinski definition) is 5. The number of carbonyl (C=O) groups is 1. The second kappa shape index (κ2) is 6.74. The summed E-state index contributed by atoms with van der Waals surface area (Å²) in [5, 5.41) is 0.266. The molecule has 128 valence electrons. The van der Waals surface area contributed by atoms with Gasteiger partial charge in [0.25, 0.3) is 0 Å². The Hall–Kier alpha value is -3.19. The average Bonchev–Trinajstić information content (AvgIpc) is 2.59. The van der Waals surface area contributed by atoms with Crippen LogP contribution in [-0.2, 0) is 4.79 Å². The second-order valence-corrected chi connectivity index (χ2v) is 5.47. The fraction of sp³-hybridized carbons (Fsp3) is 0.111. The fourth-order valence-electron chi connectivity index (χ4n) is 2.07. The van der Waals surface area contributed by atoms with Gasteiger partial charge in [-0.2, -0.15) is 0 Å². The van der Waals surface area contributed by atoms with Gasteiger partial charge in [-0.1, -0.05) is 0 Å². The van der Waals surface area contributed by atoms with Crippen LogP contribution in [0.2, 0.25) is 0 Å². The third kappa shape index (κ3) is 3.67. The molecule has 0 bridgehead atoms. The van der Waals surface area contributed by atoms with Gasteiger partial charge in [0.15, 0.2) is 6.04 Å². The first kappa shape index (κ1) is 16.7. The monoisotopic (exact) mass is 344 g/mol. The summed E-state index contributed by atoms with van der Waals surface area (Å²) in [4.78, 5) is 24.0. The van der Waals surface area contributed by atoms with E-state index in [1.165, 1.54) is 42.5 Å². The van der Waals surface area contributed by atoms with Crippen LogP contribution in [0, 0.1) is 5.82 Å². The maximum atomic E-state index is 12.9. The summed E-state index contributed by atoms with van der Waals surface area (Å²) in [5.74, 6) is -0.365. The Kier molecular flexibility index (Phi) is 4.49. The number of hydrogen-bond donors (Lipinski definition) is 1. The molecule has 25 heavy (non-hydrogen) atoms. The highest BCUT2D eigenvalue weighted by Crippen LogP contribution is 2.24. The van der Waals surface area contributed by atoms with Gasteiger partial charge in [-0.25, -0.2) is 9.18 Å². The first-order valence-electron chi connectivity index (χ1n) is 7.48. The van der Waals surface area contributed by atoms with Crippen molar-refractivity contribution in [1.82, 2.24) is 0 Å². The van der Waals surface area contributed by atoms with Crippen molar-refractivity contribution in [3.05, 3.63) is 64.8 Å². The first-order valence-corrected chi connectivity index (χ1v) is 7.48. The molecule has 1 aromatic heterocycles. The standard InChI is InChI=1S/C18H14FNO5/c1-10(20)18(22)25-13-6-7-14-15(8-13)23-9-16(17(14)21)24-12-4-2-11(19)3-5-12/h2-10H,20H2,1H3/p+1/t10-/m1/s1. The second-order valence-electron chi connectivity index (χ2n) is 5.47. The number of quaternary nitrogens is 1. The number of esters is 1. The zero-order chi connectivity index (χ0) is 18.0. The molecular formula is C18H15FNO5+. The van der Waals surface area contributed by atoms with Crippen LogP contribution in [0.4, 0.5) is 4.39 Å². The van der Waals surface area contributed by atoms with E-state index >= 15 is 0 Å². The van der Waals surface area contributed by atoms with Gasteiger partial charge < -0.3 is 19.6 Å². The highest BCUT2D eigenvalue weighted by molar-refractivity contribution is 5.81. The lowest BCUT2D eigenvalue weighted by Gasteiger charge is -2.07. The van der Waals surface area contributed by atoms with Gasteiger partial charge in [-0.05, 0) is 43.3 Å². The van der Waals surface area contributed by atoms with Gasteiger partial charge in [-0.15, -0.1) is 0 Å². The zero-order valence-corrected chi connectivity index (χ0v) is 13.3. The predicted octanol–water partition coefficient (Wildman–Crippen LogP) is 2.26. The predicted molar refractivity (Wildman–Crippen MR) is 86.9 cm³/mol. The fourth-order valence-corrected chi connectivity index (χ4v) is 2.07. The van der Waals surface area contributed by atoms with Crippen LogP contribution in [0.1, 0.15) is 6.92 Å². The van der Waals surface area contributed by atoms with E-state index in [-0.39, 0.29) is 22.5 Å². The Morgan fingerprint density at radius 3 is 2.52 bits per heavy atom. The molecule has 2 aromatic carbocycles. The summed E-state index contributed by atoms with van der Waals surface area (Å²) in [6, 6.07) is 9.15. The highest BCUT2D eigenvalue weighted by Gasteiger charge is 2.15. The molecule has 1 heterocycles. The molecule has 0 aliphatic heterocycles. The number of halogens is 1. The van der Waals surface area contributed by atoms with Crippen LogP contribution in [0.25, 0.3) is 11.0 Å². The minimum absolute atomic E-state index is 0.0322. The van der Waals surface area contributed by atoms with E-state index < -0.39 is 23.3 Å². The molecular weight excluding hydrogens is 329 g/mol. The van der Waals surface area contributed by atoms with Crippen LogP contribution in [0.15, 0.2) is 57.9 Å². The highest BCUT2D eigenvalue weighted by atomic mass is 19.1. The number of fused-ring (bicyclic) bond motifs is 1. The quantitative estimate of drug-likeness (QED) is 0.579. The smallest absolute Gasteiger partial charge is 0.369 e. The van der Waals surface area contributed by atoms with Crippen molar-refractivity contribution in [1.29, 1.82) is 0 Å². The van der Waals surface area contributed by atoms with E-state index in [0.29, 0.717) is 5.75 Å². The molecule has 3 rings (SSSR count). The average molecular weight is 344 g/mol. The Morgan fingerprint density at radius 1 is 1.16 bits per heavy atom. The topological polar surface area (TPSA) is 93.4 Å². The zero-order valence-electron chi connectivity index (χ0n) is 13.3. The van der Waals surface area contributed by atoms with Gasteiger partial charge in [0, 0.05) is 6.07 Å². The Balaban J connectivity index is 1.91. The first-order chi connectivity index (χ1) is 11.9. The van der Waals surface area contributed by atoms with Gasteiger partial charge in [0.2, 0.25) is 11.2 Å². The minimum atomic E-state index is -0.519. The van der Waals surface area contributed by atoms with Gasteiger partial charge in [0.1, 0.15) is 29.2 Å².